The van der Waals surface area contributed by atoms with Gasteiger partial charge in [-0.1, -0.05) is 24.3 Å². The molecule has 25 heavy (non-hydrogen) atoms. The minimum atomic E-state index is -0.432. The Morgan fingerprint density at radius 2 is 1.64 bits per heavy atom. The number of rotatable bonds is 5. The summed E-state index contributed by atoms with van der Waals surface area (Å²) in [6.45, 7) is 1.47. The van der Waals surface area contributed by atoms with Gasteiger partial charge in [-0.3, -0.25) is 9.59 Å². The first-order chi connectivity index (χ1) is 12.1. The van der Waals surface area contributed by atoms with E-state index in [4.69, 9.17) is 10.5 Å². The summed E-state index contributed by atoms with van der Waals surface area (Å²) in [6.07, 6.45) is 0. The maximum Gasteiger partial charge on any atom is 0.255 e. The molecule has 2 rings (SSSR count). The summed E-state index contributed by atoms with van der Waals surface area (Å²) in [7, 11) is 0. The van der Waals surface area contributed by atoms with Gasteiger partial charge in [0.2, 0.25) is 0 Å². The number of nitrogens with one attached hydrogen (secondary N) is 1. The normalized spacial score (nSPS) is 9.56. The number of carbonyl (C=O) groups excluding carboxylic acids is 2. The number of carbonyl (C=O) groups is 2. The Kier molecular flexibility index (Phi) is 5.86. The molecule has 0 radical (unpaired) electrons. The van der Waals surface area contributed by atoms with Crippen molar-refractivity contribution < 1.29 is 9.59 Å². The van der Waals surface area contributed by atoms with Crippen molar-refractivity contribution in [1.29, 1.82) is 10.5 Å². The number of hydrogen-bond donors (Lipinski definition) is 1. The fourth-order valence-corrected chi connectivity index (χ4v) is 2.23. The van der Waals surface area contributed by atoms with Gasteiger partial charge in [-0.2, -0.15) is 10.5 Å². The van der Waals surface area contributed by atoms with Crippen LogP contribution >= 0.6 is 0 Å². The molecule has 6 heteroatoms. The van der Waals surface area contributed by atoms with Crippen LogP contribution in [0.4, 0.5) is 5.69 Å². The van der Waals surface area contributed by atoms with Crippen LogP contribution in [0.15, 0.2) is 48.5 Å². The van der Waals surface area contributed by atoms with E-state index >= 15 is 0 Å². The lowest BCUT2D eigenvalue weighted by molar-refractivity contribution is 0.0794. The molecular formula is C19H16N4O2. The standard InChI is InChI=1S/C19H16N4O2/c1-14-7-8-16(19(25)23(11-9-20)12-10-21)13-17(14)22-18(24)15-5-3-2-4-6-15/h2-8,13H,11-12H2,1H3,(H,22,24). The third-order valence-corrected chi connectivity index (χ3v) is 3.58. The van der Waals surface area contributed by atoms with Crippen molar-refractivity contribution in [3.05, 3.63) is 65.2 Å². The Bertz CT molecular complexity index is 847. The molecule has 0 aliphatic carbocycles. The number of benzene rings is 2. The highest BCUT2D eigenvalue weighted by Crippen LogP contribution is 2.19. The number of hydrogen-bond acceptors (Lipinski definition) is 4. The van der Waals surface area contributed by atoms with Crippen molar-refractivity contribution in [1.82, 2.24) is 4.90 Å². The number of aryl methyl sites for hydroxylation is 1. The monoisotopic (exact) mass is 332 g/mol. The van der Waals surface area contributed by atoms with E-state index in [0.717, 1.165) is 10.5 Å². The van der Waals surface area contributed by atoms with Crippen LogP contribution in [0.25, 0.3) is 0 Å². The highest BCUT2D eigenvalue weighted by atomic mass is 16.2. The van der Waals surface area contributed by atoms with Gasteiger partial charge < -0.3 is 10.2 Å². The number of amides is 2. The molecule has 0 aliphatic heterocycles. The third-order valence-electron chi connectivity index (χ3n) is 3.58. The van der Waals surface area contributed by atoms with Crippen LogP contribution in [0.1, 0.15) is 26.3 Å². The molecule has 0 saturated heterocycles. The van der Waals surface area contributed by atoms with Gasteiger partial charge in [-0.15, -0.1) is 0 Å². The van der Waals surface area contributed by atoms with Gasteiger partial charge in [-0.25, -0.2) is 0 Å². The lowest BCUT2D eigenvalue weighted by Crippen LogP contribution is -2.31. The second kappa shape index (κ2) is 8.28. The van der Waals surface area contributed by atoms with Crippen LogP contribution in [0.5, 0.6) is 0 Å². The molecule has 0 aromatic heterocycles. The van der Waals surface area contributed by atoms with E-state index in [1.54, 1.807) is 42.5 Å². The summed E-state index contributed by atoms with van der Waals surface area (Å²) in [6, 6.07) is 17.4. The molecule has 0 atom stereocenters. The molecule has 0 bridgehead atoms. The van der Waals surface area contributed by atoms with E-state index in [1.165, 1.54) is 0 Å². The first-order valence-electron chi connectivity index (χ1n) is 7.57. The SMILES string of the molecule is Cc1ccc(C(=O)N(CC#N)CC#N)cc1NC(=O)c1ccccc1. The molecule has 1 N–H and O–H groups in total. The van der Waals surface area contributed by atoms with Crippen molar-refractivity contribution in [3.63, 3.8) is 0 Å². The average Bonchev–Trinajstić information content (AvgIpc) is 2.63. The maximum atomic E-state index is 12.5. The van der Waals surface area contributed by atoms with Crippen molar-refractivity contribution in [2.45, 2.75) is 6.92 Å². The predicted octanol–water partition coefficient (Wildman–Crippen LogP) is 2.74. The molecule has 0 spiro atoms. The van der Waals surface area contributed by atoms with Gasteiger partial charge in [0.05, 0.1) is 12.1 Å². The van der Waals surface area contributed by atoms with Crippen molar-refractivity contribution in [3.8, 4) is 12.1 Å². The van der Waals surface area contributed by atoms with Gasteiger partial charge in [0.1, 0.15) is 13.1 Å². The zero-order chi connectivity index (χ0) is 18.2. The first-order valence-corrected chi connectivity index (χ1v) is 7.57. The summed E-state index contributed by atoms with van der Waals surface area (Å²) in [5.41, 5.74) is 2.12. The zero-order valence-corrected chi connectivity index (χ0v) is 13.7. The summed E-state index contributed by atoms with van der Waals surface area (Å²) < 4.78 is 0. The lowest BCUT2D eigenvalue weighted by Gasteiger charge is -2.17. The summed E-state index contributed by atoms with van der Waals surface area (Å²) in [4.78, 5) is 25.9. The first kappa shape index (κ1) is 17.7. The maximum absolute atomic E-state index is 12.5. The minimum absolute atomic E-state index is 0.175. The van der Waals surface area contributed by atoms with E-state index in [-0.39, 0.29) is 19.0 Å². The minimum Gasteiger partial charge on any atom is -0.322 e. The average molecular weight is 332 g/mol. The van der Waals surface area contributed by atoms with Gasteiger partial charge >= 0.3 is 0 Å². The second-order valence-corrected chi connectivity index (χ2v) is 5.33. The van der Waals surface area contributed by atoms with E-state index < -0.39 is 5.91 Å². The molecule has 0 saturated carbocycles. The molecule has 0 unspecified atom stereocenters. The predicted molar refractivity (Wildman–Crippen MR) is 92.7 cm³/mol. The smallest absolute Gasteiger partial charge is 0.255 e. The molecule has 124 valence electrons. The van der Waals surface area contributed by atoms with E-state index in [9.17, 15) is 9.59 Å². The van der Waals surface area contributed by atoms with Crippen molar-refractivity contribution in [2.24, 2.45) is 0 Å². The highest BCUT2D eigenvalue weighted by molar-refractivity contribution is 6.05. The van der Waals surface area contributed by atoms with Crippen LogP contribution in [-0.4, -0.2) is 29.8 Å². The van der Waals surface area contributed by atoms with E-state index in [1.807, 2.05) is 25.1 Å². The molecule has 0 aliphatic rings. The molecule has 6 nitrogen and oxygen atoms in total. The quantitative estimate of drug-likeness (QED) is 0.851. The highest BCUT2D eigenvalue weighted by Gasteiger charge is 2.17. The summed E-state index contributed by atoms with van der Waals surface area (Å²) >= 11 is 0. The Balaban J connectivity index is 2.25. The fraction of sp³-hybridized carbons (Fsp3) is 0.158. The second-order valence-electron chi connectivity index (χ2n) is 5.33. The van der Waals surface area contributed by atoms with E-state index in [2.05, 4.69) is 5.32 Å². The van der Waals surface area contributed by atoms with Gasteiger partial charge in [-0.05, 0) is 36.8 Å². The molecule has 0 fully saturated rings. The van der Waals surface area contributed by atoms with Crippen LogP contribution in [0.2, 0.25) is 0 Å². The van der Waals surface area contributed by atoms with Gasteiger partial charge in [0, 0.05) is 16.8 Å². The molecular weight excluding hydrogens is 316 g/mol. The number of nitrogens with zero attached hydrogens (tertiary/aromatic N) is 3. The van der Waals surface area contributed by atoms with Crippen LogP contribution in [-0.2, 0) is 0 Å². The Morgan fingerprint density at radius 3 is 2.24 bits per heavy atom. The fourth-order valence-electron chi connectivity index (χ4n) is 2.23. The van der Waals surface area contributed by atoms with Crippen LogP contribution in [0, 0.1) is 29.6 Å². The molecule has 2 aromatic carbocycles. The van der Waals surface area contributed by atoms with Crippen LogP contribution in [0.3, 0.4) is 0 Å². The van der Waals surface area contributed by atoms with Crippen LogP contribution < -0.4 is 5.32 Å². The number of anilines is 1. The molecule has 0 heterocycles. The Morgan fingerprint density at radius 1 is 1.00 bits per heavy atom. The van der Waals surface area contributed by atoms with Gasteiger partial charge in [0.15, 0.2) is 0 Å². The van der Waals surface area contributed by atoms with Crippen molar-refractivity contribution in [2.75, 3.05) is 18.4 Å². The zero-order valence-electron chi connectivity index (χ0n) is 13.7. The third kappa shape index (κ3) is 4.43. The Hall–Kier alpha value is -3.64. The Labute approximate surface area is 145 Å². The molecule has 2 aromatic rings. The lowest BCUT2D eigenvalue weighted by atomic mass is 10.1. The topological polar surface area (TPSA) is 97.0 Å². The summed E-state index contributed by atoms with van der Waals surface area (Å²) in [5.74, 6) is -0.711. The summed E-state index contributed by atoms with van der Waals surface area (Å²) in [5, 5.41) is 20.4. The largest absolute Gasteiger partial charge is 0.322 e. The van der Waals surface area contributed by atoms with Crippen molar-refractivity contribution >= 4 is 17.5 Å². The van der Waals surface area contributed by atoms with Gasteiger partial charge in [0.25, 0.3) is 11.8 Å². The van der Waals surface area contributed by atoms with E-state index in [0.29, 0.717) is 16.8 Å². The number of nitriles is 2. The molecule has 2 amide bonds.